The van der Waals surface area contributed by atoms with Gasteiger partial charge in [0.05, 0.1) is 5.54 Å². The Balaban J connectivity index is 2.80. The van der Waals surface area contributed by atoms with Gasteiger partial charge in [-0.05, 0) is 43.5 Å². The molecule has 1 rings (SSSR count). The minimum atomic E-state index is -0.297. The number of nitrogens with two attached hydrogens (primary N) is 1. The Bertz CT molecular complexity index is 430. The lowest BCUT2D eigenvalue weighted by Crippen LogP contribution is -2.52. The third-order valence-corrected chi connectivity index (χ3v) is 4.25. The topological polar surface area (TPSA) is 58.4 Å². The molecular formula is C17H29N3O. The van der Waals surface area contributed by atoms with Gasteiger partial charge in [-0.15, -0.1) is 0 Å². The van der Waals surface area contributed by atoms with Gasteiger partial charge in [0, 0.05) is 31.4 Å². The van der Waals surface area contributed by atoms with Crippen molar-refractivity contribution in [3.05, 3.63) is 29.8 Å². The minimum absolute atomic E-state index is 0.0474. The zero-order chi connectivity index (χ0) is 15.9. The second kappa shape index (κ2) is 8.03. The summed E-state index contributed by atoms with van der Waals surface area (Å²) in [4.78, 5) is 14.5. The fourth-order valence-electron chi connectivity index (χ4n) is 2.41. The molecule has 118 valence electrons. The van der Waals surface area contributed by atoms with Crippen molar-refractivity contribution >= 4 is 11.6 Å². The van der Waals surface area contributed by atoms with Crippen LogP contribution in [0.3, 0.4) is 0 Å². The normalized spacial score (nSPS) is 11.3. The summed E-state index contributed by atoms with van der Waals surface area (Å²) in [6, 6.07) is 7.74. The number of benzene rings is 1. The molecule has 21 heavy (non-hydrogen) atoms. The van der Waals surface area contributed by atoms with Crippen LogP contribution >= 0.6 is 0 Å². The van der Waals surface area contributed by atoms with Crippen LogP contribution in [0.1, 0.15) is 50.4 Å². The van der Waals surface area contributed by atoms with Gasteiger partial charge in [-0.3, -0.25) is 4.79 Å². The standard InChI is InChI=1S/C17H29N3O/c1-5-12-20(4)15-10-8-14(9-11-15)16(21)19-17(6-2,7-3)13-18/h8-11H,5-7,12-13,18H2,1-4H3,(H,19,21). The molecule has 0 aliphatic rings. The van der Waals surface area contributed by atoms with Gasteiger partial charge < -0.3 is 16.0 Å². The molecule has 0 aromatic heterocycles. The fraction of sp³-hybridized carbons (Fsp3) is 0.588. The number of hydrogen-bond acceptors (Lipinski definition) is 3. The van der Waals surface area contributed by atoms with Gasteiger partial charge in [-0.2, -0.15) is 0 Å². The molecule has 1 aromatic carbocycles. The first kappa shape index (κ1) is 17.5. The summed E-state index contributed by atoms with van der Waals surface area (Å²) >= 11 is 0. The van der Waals surface area contributed by atoms with Crippen LogP contribution in [-0.2, 0) is 0 Å². The molecule has 4 nitrogen and oxygen atoms in total. The molecule has 0 bridgehead atoms. The molecule has 0 unspecified atom stereocenters. The fourth-order valence-corrected chi connectivity index (χ4v) is 2.41. The Morgan fingerprint density at radius 2 is 1.76 bits per heavy atom. The maximum atomic E-state index is 12.4. The first-order valence-electron chi connectivity index (χ1n) is 7.85. The highest BCUT2D eigenvalue weighted by Crippen LogP contribution is 2.17. The molecule has 0 saturated heterocycles. The van der Waals surface area contributed by atoms with Crippen molar-refractivity contribution in [1.82, 2.24) is 5.32 Å². The predicted molar refractivity (Wildman–Crippen MR) is 89.8 cm³/mol. The third kappa shape index (κ3) is 4.46. The average molecular weight is 291 g/mol. The van der Waals surface area contributed by atoms with Gasteiger partial charge in [-0.25, -0.2) is 0 Å². The van der Waals surface area contributed by atoms with Gasteiger partial charge in [-0.1, -0.05) is 20.8 Å². The second-order valence-corrected chi connectivity index (χ2v) is 5.61. The summed E-state index contributed by atoms with van der Waals surface area (Å²) in [6.45, 7) is 7.73. The zero-order valence-corrected chi connectivity index (χ0v) is 13.8. The molecule has 4 heteroatoms. The minimum Gasteiger partial charge on any atom is -0.375 e. The second-order valence-electron chi connectivity index (χ2n) is 5.61. The molecule has 0 aliphatic carbocycles. The molecule has 0 radical (unpaired) electrons. The lowest BCUT2D eigenvalue weighted by molar-refractivity contribution is 0.0895. The Kier molecular flexibility index (Phi) is 6.69. The highest BCUT2D eigenvalue weighted by molar-refractivity contribution is 5.95. The van der Waals surface area contributed by atoms with Crippen molar-refractivity contribution in [2.24, 2.45) is 5.73 Å². The molecule has 0 aliphatic heterocycles. The quantitative estimate of drug-likeness (QED) is 0.774. The van der Waals surface area contributed by atoms with Gasteiger partial charge in [0.15, 0.2) is 0 Å². The average Bonchev–Trinajstić information content (AvgIpc) is 2.53. The van der Waals surface area contributed by atoms with E-state index in [0.29, 0.717) is 12.1 Å². The molecule has 0 atom stereocenters. The first-order valence-corrected chi connectivity index (χ1v) is 7.85. The van der Waals surface area contributed by atoms with E-state index in [1.165, 1.54) is 0 Å². The van der Waals surface area contributed by atoms with E-state index in [0.717, 1.165) is 31.5 Å². The highest BCUT2D eigenvalue weighted by atomic mass is 16.1. The van der Waals surface area contributed by atoms with E-state index in [1.807, 2.05) is 24.3 Å². The maximum Gasteiger partial charge on any atom is 0.251 e. The van der Waals surface area contributed by atoms with Gasteiger partial charge >= 0.3 is 0 Å². The molecule has 1 amide bonds. The van der Waals surface area contributed by atoms with Crippen LogP contribution in [0.2, 0.25) is 0 Å². The Morgan fingerprint density at radius 3 is 2.19 bits per heavy atom. The van der Waals surface area contributed by atoms with Gasteiger partial charge in [0.2, 0.25) is 0 Å². The zero-order valence-electron chi connectivity index (χ0n) is 13.8. The predicted octanol–water partition coefficient (Wildman–Crippen LogP) is 2.78. The monoisotopic (exact) mass is 291 g/mol. The number of anilines is 1. The summed E-state index contributed by atoms with van der Waals surface area (Å²) < 4.78 is 0. The van der Waals surface area contributed by atoms with Crippen molar-refractivity contribution in [3.8, 4) is 0 Å². The highest BCUT2D eigenvalue weighted by Gasteiger charge is 2.26. The molecule has 0 spiro atoms. The van der Waals surface area contributed by atoms with Crippen molar-refractivity contribution in [3.63, 3.8) is 0 Å². The van der Waals surface area contributed by atoms with Crippen LogP contribution in [0.4, 0.5) is 5.69 Å². The van der Waals surface area contributed by atoms with Crippen molar-refractivity contribution < 1.29 is 4.79 Å². The third-order valence-electron chi connectivity index (χ3n) is 4.25. The number of carbonyl (C=O) groups excluding carboxylic acids is 1. The number of carbonyl (C=O) groups is 1. The summed E-state index contributed by atoms with van der Waals surface area (Å²) in [5.41, 5.74) is 7.35. The summed E-state index contributed by atoms with van der Waals surface area (Å²) in [5.74, 6) is -0.0474. The van der Waals surface area contributed by atoms with E-state index < -0.39 is 0 Å². The summed E-state index contributed by atoms with van der Waals surface area (Å²) in [6.07, 6.45) is 2.77. The van der Waals surface area contributed by atoms with E-state index in [1.54, 1.807) is 0 Å². The Hall–Kier alpha value is -1.55. The van der Waals surface area contributed by atoms with Crippen molar-refractivity contribution in [2.45, 2.75) is 45.6 Å². The van der Waals surface area contributed by atoms with Crippen molar-refractivity contribution in [2.75, 3.05) is 25.0 Å². The number of nitrogens with zero attached hydrogens (tertiary/aromatic N) is 1. The number of rotatable bonds is 8. The smallest absolute Gasteiger partial charge is 0.251 e. The van der Waals surface area contributed by atoms with Crippen LogP contribution in [0.15, 0.2) is 24.3 Å². The molecule has 1 aromatic rings. The summed E-state index contributed by atoms with van der Waals surface area (Å²) in [5, 5.41) is 3.09. The van der Waals surface area contributed by atoms with Crippen LogP contribution in [-0.4, -0.2) is 31.6 Å². The van der Waals surface area contributed by atoms with Crippen LogP contribution in [0.5, 0.6) is 0 Å². The largest absolute Gasteiger partial charge is 0.375 e. The van der Waals surface area contributed by atoms with E-state index >= 15 is 0 Å². The van der Waals surface area contributed by atoms with Crippen LogP contribution in [0, 0.1) is 0 Å². The SMILES string of the molecule is CCCN(C)c1ccc(C(=O)NC(CC)(CC)CN)cc1. The van der Waals surface area contributed by atoms with E-state index in [2.05, 4.69) is 38.0 Å². The van der Waals surface area contributed by atoms with Gasteiger partial charge in [0.25, 0.3) is 5.91 Å². The lowest BCUT2D eigenvalue weighted by Gasteiger charge is -2.31. The Morgan fingerprint density at radius 1 is 1.19 bits per heavy atom. The molecule has 3 N–H and O–H groups in total. The number of nitrogens with one attached hydrogen (secondary N) is 1. The first-order chi connectivity index (χ1) is 10.0. The maximum absolute atomic E-state index is 12.4. The molecule has 0 fully saturated rings. The molecule has 0 heterocycles. The number of amides is 1. The van der Waals surface area contributed by atoms with Crippen LogP contribution < -0.4 is 16.0 Å². The van der Waals surface area contributed by atoms with Crippen molar-refractivity contribution in [1.29, 1.82) is 0 Å². The molecule has 0 saturated carbocycles. The van der Waals surface area contributed by atoms with E-state index in [9.17, 15) is 4.79 Å². The Labute approximate surface area is 128 Å². The summed E-state index contributed by atoms with van der Waals surface area (Å²) in [7, 11) is 2.06. The van der Waals surface area contributed by atoms with Gasteiger partial charge in [0.1, 0.15) is 0 Å². The van der Waals surface area contributed by atoms with Crippen LogP contribution in [0.25, 0.3) is 0 Å². The van der Waals surface area contributed by atoms with E-state index in [4.69, 9.17) is 5.73 Å². The number of hydrogen-bond donors (Lipinski definition) is 2. The van der Waals surface area contributed by atoms with E-state index in [-0.39, 0.29) is 11.4 Å². The lowest BCUT2D eigenvalue weighted by atomic mass is 9.92. The molecular weight excluding hydrogens is 262 g/mol.